The fourth-order valence-electron chi connectivity index (χ4n) is 4.22. The fraction of sp³-hybridized carbons (Fsp3) is 0.417. The number of alkyl halides is 3. The van der Waals surface area contributed by atoms with Crippen LogP contribution in [0.5, 0.6) is 5.75 Å². The maximum atomic E-state index is 12.9. The van der Waals surface area contributed by atoms with Gasteiger partial charge in [-0.1, -0.05) is 12.1 Å². The summed E-state index contributed by atoms with van der Waals surface area (Å²) in [5, 5.41) is 11.8. The molecule has 1 spiro atoms. The Morgan fingerprint density at radius 3 is 2.33 bits per heavy atom. The molecule has 2 fully saturated rings. The van der Waals surface area contributed by atoms with E-state index in [1.165, 1.54) is 12.1 Å². The Bertz CT molecular complexity index is 1010. The lowest BCUT2D eigenvalue weighted by Crippen LogP contribution is -2.47. The zero-order valence-electron chi connectivity index (χ0n) is 17.9. The Morgan fingerprint density at radius 2 is 1.79 bits per heavy atom. The molecule has 9 heteroatoms. The summed E-state index contributed by atoms with van der Waals surface area (Å²) in [5.74, 6) is 0.346. The number of rotatable bonds is 6. The summed E-state index contributed by atoms with van der Waals surface area (Å²) in [6.07, 6.45) is -3.07. The molecule has 2 aromatic rings. The minimum atomic E-state index is -4.40. The first-order valence-electron chi connectivity index (χ1n) is 10.8. The molecule has 2 aliphatic heterocycles. The Hall–Kier alpha value is -3.25. The summed E-state index contributed by atoms with van der Waals surface area (Å²) in [6, 6.07) is 13.8. The molecule has 33 heavy (non-hydrogen) atoms. The second kappa shape index (κ2) is 9.32. The molecule has 6 nitrogen and oxygen atoms in total. The van der Waals surface area contributed by atoms with Gasteiger partial charge in [-0.05, 0) is 42.0 Å². The summed E-state index contributed by atoms with van der Waals surface area (Å²) in [5.41, 5.74) is 0.218. The zero-order chi connectivity index (χ0) is 23.5. The van der Waals surface area contributed by atoms with Crippen molar-refractivity contribution in [3.05, 3.63) is 65.2 Å². The summed E-state index contributed by atoms with van der Waals surface area (Å²) >= 11 is 0. The number of ether oxygens (including phenoxy) is 2. The monoisotopic (exact) mass is 459 g/mol. The molecule has 0 radical (unpaired) electrons. The number of alkyl carbamates (subject to hydrolysis) is 1. The molecule has 2 aromatic carbocycles. The molecule has 174 valence electrons. The molecule has 0 aliphatic carbocycles. The number of nitrogens with zero attached hydrogens (tertiary/aromatic N) is 2. The molecular formula is C24H24F3N3O3. The normalized spacial score (nSPS) is 18.9. The second-order valence-electron chi connectivity index (χ2n) is 8.42. The highest BCUT2D eigenvalue weighted by Gasteiger charge is 2.42. The Balaban J connectivity index is 1.42. The first kappa shape index (κ1) is 22.9. The van der Waals surface area contributed by atoms with E-state index in [4.69, 9.17) is 14.7 Å². The van der Waals surface area contributed by atoms with Crippen molar-refractivity contribution >= 4 is 6.09 Å². The summed E-state index contributed by atoms with van der Waals surface area (Å²) in [6.45, 7) is 2.79. The van der Waals surface area contributed by atoms with Gasteiger partial charge in [0.1, 0.15) is 17.5 Å². The average molecular weight is 459 g/mol. The number of likely N-dealkylation sites (tertiary alicyclic amines) is 1. The lowest BCUT2D eigenvalue weighted by Gasteiger charge is -2.37. The first-order chi connectivity index (χ1) is 15.8. The SMILES string of the molecule is N#Cc1ccc(C(CCN2CCC3(CC2)CNC(=O)O3)Oc2ccc(C(F)(F)F)cc2)cc1. The van der Waals surface area contributed by atoms with Crippen LogP contribution in [0, 0.1) is 11.3 Å². The van der Waals surface area contributed by atoms with Crippen molar-refractivity contribution in [1.82, 2.24) is 10.2 Å². The summed E-state index contributed by atoms with van der Waals surface area (Å²) in [7, 11) is 0. The molecule has 1 atom stereocenters. The zero-order valence-corrected chi connectivity index (χ0v) is 17.9. The van der Waals surface area contributed by atoms with Crippen LogP contribution >= 0.6 is 0 Å². The number of piperidine rings is 1. The minimum Gasteiger partial charge on any atom is -0.486 e. The van der Waals surface area contributed by atoms with E-state index in [0.29, 0.717) is 30.8 Å². The van der Waals surface area contributed by atoms with Gasteiger partial charge in [0, 0.05) is 38.9 Å². The molecule has 0 aromatic heterocycles. The number of amides is 1. The Morgan fingerprint density at radius 1 is 1.12 bits per heavy atom. The standard InChI is InChI=1S/C24H24F3N3O3/c25-24(26,27)19-5-7-20(8-6-19)32-21(18-3-1-17(15-28)2-4-18)9-12-30-13-10-23(11-14-30)16-29-22(31)33-23/h1-8,21H,9-14,16H2,(H,29,31). The molecule has 0 saturated carbocycles. The van der Waals surface area contributed by atoms with Crippen molar-refractivity contribution < 1.29 is 27.4 Å². The van der Waals surface area contributed by atoms with Gasteiger partial charge < -0.3 is 19.7 Å². The molecule has 1 amide bonds. The third kappa shape index (κ3) is 5.57. The molecular weight excluding hydrogens is 435 g/mol. The molecule has 0 bridgehead atoms. The Labute approximate surface area is 189 Å². The predicted octanol–water partition coefficient (Wildman–Crippen LogP) is 4.66. The smallest absolute Gasteiger partial charge is 0.416 e. The van der Waals surface area contributed by atoms with Crippen molar-refractivity contribution in [2.75, 3.05) is 26.2 Å². The summed E-state index contributed by atoms with van der Waals surface area (Å²) < 4.78 is 50.2. The molecule has 1 N–H and O–H groups in total. The van der Waals surface area contributed by atoms with Crippen LogP contribution in [0.3, 0.4) is 0 Å². The topological polar surface area (TPSA) is 74.6 Å². The second-order valence-corrected chi connectivity index (χ2v) is 8.42. The lowest BCUT2D eigenvalue weighted by molar-refractivity contribution is -0.137. The van der Waals surface area contributed by atoms with Crippen molar-refractivity contribution in [3.63, 3.8) is 0 Å². The van der Waals surface area contributed by atoms with Crippen molar-refractivity contribution in [3.8, 4) is 11.8 Å². The number of carbonyl (C=O) groups excluding carboxylic acids is 1. The number of hydrogen-bond acceptors (Lipinski definition) is 5. The van der Waals surface area contributed by atoms with Crippen molar-refractivity contribution in [2.24, 2.45) is 0 Å². The number of hydrogen-bond donors (Lipinski definition) is 1. The number of benzene rings is 2. The van der Waals surface area contributed by atoms with E-state index in [2.05, 4.69) is 16.3 Å². The van der Waals surface area contributed by atoms with Gasteiger partial charge in [0.15, 0.2) is 0 Å². The maximum absolute atomic E-state index is 12.9. The molecule has 2 heterocycles. The third-order valence-electron chi connectivity index (χ3n) is 6.21. The van der Waals surface area contributed by atoms with E-state index in [9.17, 15) is 18.0 Å². The van der Waals surface area contributed by atoms with Crippen LogP contribution < -0.4 is 10.1 Å². The van der Waals surface area contributed by atoms with Gasteiger partial charge in [0.2, 0.25) is 0 Å². The third-order valence-corrected chi connectivity index (χ3v) is 6.21. The van der Waals surface area contributed by atoms with Gasteiger partial charge in [-0.15, -0.1) is 0 Å². The predicted molar refractivity (Wildman–Crippen MR) is 113 cm³/mol. The quantitative estimate of drug-likeness (QED) is 0.680. The fourth-order valence-corrected chi connectivity index (χ4v) is 4.22. The molecule has 4 rings (SSSR count). The molecule has 2 saturated heterocycles. The van der Waals surface area contributed by atoms with Crippen LogP contribution in [0.2, 0.25) is 0 Å². The van der Waals surface area contributed by atoms with Crippen molar-refractivity contribution in [1.29, 1.82) is 5.26 Å². The van der Waals surface area contributed by atoms with Gasteiger partial charge in [-0.2, -0.15) is 18.4 Å². The van der Waals surface area contributed by atoms with Crippen LogP contribution in [0.4, 0.5) is 18.0 Å². The minimum absolute atomic E-state index is 0.346. The number of nitrogens with one attached hydrogen (secondary N) is 1. The van der Waals surface area contributed by atoms with E-state index >= 15 is 0 Å². The van der Waals surface area contributed by atoms with Gasteiger partial charge >= 0.3 is 12.3 Å². The average Bonchev–Trinajstić information content (AvgIpc) is 3.17. The van der Waals surface area contributed by atoms with Gasteiger partial charge in [0.05, 0.1) is 23.7 Å². The highest BCUT2D eigenvalue weighted by atomic mass is 19.4. The highest BCUT2D eigenvalue weighted by Crippen LogP contribution is 2.33. The largest absolute Gasteiger partial charge is 0.486 e. The molecule has 2 aliphatic rings. The lowest BCUT2D eigenvalue weighted by atomic mass is 9.91. The van der Waals surface area contributed by atoms with Crippen LogP contribution in [-0.4, -0.2) is 42.8 Å². The molecule has 1 unspecified atom stereocenters. The van der Waals surface area contributed by atoms with Crippen LogP contribution in [-0.2, 0) is 10.9 Å². The van der Waals surface area contributed by atoms with Gasteiger partial charge in [0.25, 0.3) is 0 Å². The van der Waals surface area contributed by atoms with Crippen LogP contribution in [0.1, 0.15) is 42.1 Å². The first-order valence-corrected chi connectivity index (χ1v) is 10.8. The highest BCUT2D eigenvalue weighted by molar-refractivity contribution is 5.70. The summed E-state index contributed by atoms with van der Waals surface area (Å²) in [4.78, 5) is 13.7. The van der Waals surface area contributed by atoms with E-state index in [1.54, 1.807) is 12.1 Å². The van der Waals surface area contributed by atoms with Gasteiger partial charge in [-0.25, -0.2) is 4.79 Å². The van der Waals surface area contributed by atoms with E-state index in [1.807, 2.05) is 12.1 Å². The number of halogens is 3. The van der Waals surface area contributed by atoms with Crippen LogP contribution in [0.25, 0.3) is 0 Å². The van der Waals surface area contributed by atoms with E-state index in [-0.39, 0.29) is 6.09 Å². The van der Waals surface area contributed by atoms with Gasteiger partial charge in [-0.3, -0.25) is 0 Å². The van der Waals surface area contributed by atoms with Crippen LogP contribution in [0.15, 0.2) is 48.5 Å². The number of nitriles is 1. The van der Waals surface area contributed by atoms with E-state index in [0.717, 1.165) is 43.6 Å². The number of carbonyl (C=O) groups is 1. The Kier molecular flexibility index (Phi) is 6.47. The van der Waals surface area contributed by atoms with Crippen molar-refractivity contribution in [2.45, 2.75) is 37.1 Å². The van der Waals surface area contributed by atoms with E-state index < -0.39 is 23.4 Å². The maximum Gasteiger partial charge on any atom is 0.416 e.